The minimum atomic E-state index is -0.255. The Morgan fingerprint density at radius 1 is 1.24 bits per heavy atom. The van der Waals surface area contributed by atoms with E-state index < -0.39 is 0 Å². The molecule has 2 N–H and O–H groups in total. The van der Waals surface area contributed by atoms with Crippen LogP contribution in [-0.2, 0) is 21.0 Å². The maximum absolute atomic E-state index is 11.2. The van der Waals surface area contributed by atoms with Gasteiger partial charge in [0.2, 0.25) is 11.8 Å². The third-order valence-electron chi connectivity index (χ3n) is 1.99. The van der Waals surface area contributed by atoms with Gasteiger partial charge in [-0.15, -0.1) is 0 Å². The van der Waals surface area contributed by atoms with Gasteiger partial charge >= 0.3 is 0 Å². The van der Waals surface area contributed by atoms with Crippen LogP contribution in [0.1, 0.15) is 18.9 Å². The monoisotopic (exact) mass is 236 g/mol. The molecular formula is C12H16N2O3. The standard InChI is InChI=1S/C12H16N2O3/c1-10(15)13-8-7-12(16)14-17-9-11-5-3-2-4-6-11/h2-6H,7-9H2,1H3,(H,13,15)(H,14,16). The second kappa shape index (κ2) is 7.40. The predicted molar refractivity (Wildman–Crippen MR) is 62.7 cm³/mol. The zero-order valence-corrected chi connectivity index (χ0v) is 9.73. The number of rotatable bonds is 6. The molecule has 0 spiro atoms. The maximum atomic E-state index is 11.2. The first kappa shape index (κ1) is 13.2. The number of carbonyl (C=O) groups is 2. The van der Waals surface area contributed by atoms with Crippen molar-refractivity contribution in [3.8, 4) is 0 Å². The van der Waals surface area contributed by atoms with Crippen LogP contribution in [0.4, 0.5) is 0 Å². The van der Waals surface area contributed by atoms with Gasteiger partial charge in [0.25, 0.3) is 0 Å². The summed E-state index contributed by atoms with van der Waals surface area (Å²) in [6.45, 7) is 2.05. The summed E-state index contributed by atoms with van der Waals surface area (Å²) in [5.74, 6) is -0.405. The summed E-state index contributed by atoms with van der Waals surface area (Å²) in [5.41, 5.74) is 3.30. The van der Waals surface area contributed by atoms with Crippen LogP contribution in [0.2, 0.25) is 0 Å². The highest BCUT2D eigenvalue weighted by Gasteiger charge is 2.01. The Hall–Kier alpha value is -1.88. The largest absolute Gasteiger partial charge is 0.356 e. The van der Waals surface area contributed by atoms with Crippen molar-refractivity contribution in [1.29, 1.82) is 0 Å². The SMILES string of the molecule is CC(=O)NCCC(=O)NOCc1ccccc1. The molecule has 0 heterocycles. The number of hydrogen-bond acceptors (Lipinski definition) is 3. The highest BCUT2D eigenvalue weighted by molar-refractivity contribution is 5.77. The van der Waals surface area contributed by atoms with Crippen LogP contribution >= 0.6 is 0 Å². The minimum absolute atomic E-state index is 0.150. The van der Waals surface area contributed by atoms with Crippen molar-refractivity contribution in [1.82, 2.24) is 10.8 Å². The summed E-state index contributed by atoms with van der Waals surface area (Å²) in [6.07, 6.45) is 0.203. The fraction of sp³-hybridized carbons (Fsp3) is 0.333. The number of hydrogen-bond donors (Lipinski definition) is 2. The third kappa shape index (κ3) is 6.32. The minimum Gasteiger partial charge on any atom is -0.356 e. The molecule has 0 bridgehead atoms. The van der Waals surface area contributed by atoms with Crippen LogP contribution in [0.25, 0.3) is 0 Å². The molecule has 5 nitrogen and oxygen atoms in total. The zero-order valence-electron chi connectivity index (χ0n) is 9.73. The van der Waals surface area contributed by atoms with Crippen LogP contribution in [0.5, 0.6) is 0 Å². The van der Waals surface area contributed by atoms with Crippen LogP contribution < -0.4 is 10.8 Å². The van der Waals surface area contributed by atoms with Crippen molar-refractivity contribution in [3.63, 3.8) is 0 Å². The third-order valence-corrected chi connectivity index (χ3v) is 1.99. The van der Waals surface area contributed by atoms with E-state index in [2.05, 4.69) is 10.8 Å². The molecule has 0 fully saturated rings. The lowest BCUT2D eigenvalue weighted by Gasteiger charge is -2.06. The van der Waals surface area contributed by atoms with Crippen molar-refractivity contribution in [2.75, 3.05) is 6.54 Å². The highest BCUT2D eigenvalue weighted by atomic mass is 16.6. The summed E-state index contributed by atoms with van der Waals surface area (Å²) in [4.78, 5) is 26.8. The molecule has 0 aliphatic carbocycles. The Balaban J connectivity index is 2.10. The van der Waals surface area contributed by atoms with E-state index in [0.717, 1.165) is 5.56 Å². The van der Waals surface area contributed by atoms with E-state index in [1.54, 1.807) is 0 Å². The first-order valence-electron chi connectivity index (χ1n) is 5.37. The van der Waals surface area contributed by atoms with Gasteiger partial charge in [0, 0.05) is 19.9 Å². The molecule has 0 atom stereocenters. The van der Waals surface area contributed by atoms with E-state index in [9.17, 15) is 9.59 Å². The first-order chi connectivity index (χ1) is 8.18. The molecule has 1 aromatic carbocycles. The Kier molecular flexibility index (Phi) is 5.74. The Morgan fingerprint density at radius 2 is 1.94 bits per heavy atom. The molecule has 0 unspecified atom stereocenters. The van der Waals surface area contributed by atoms with Crippen LogP contribution in [0, 0.1) is 0 Å². The average Bonchev–Trinajstić information content (AvgIpc) is 2.30. The summed E-state index contributed by atoms with van der Waals surface area (Å²) in [5, 5.41) is 2.53. The smallest absolute Gasteiger partial charge is 0.245 e. The van der Waals surface area contributed by atoms with Crippen molar-refractivity contribution < 1.29 is 14.4 Å². The summed E-state index contributed by atoms with van der Waals surface area (Å²) < 4.78 is 0. The van der Waals surface area contributed by atoms with Gasteiger partial charge in [0.15, 0.2) is 0 Å². The lowest BCUT2D eigenvalue weighted by atomic mass is 10.2. The molecule has 5 heteroatoms. The molecule has 2 amide bonds. The van der Waals surface area contributed by atoms with Crippen molar-refractivity contribution >= 4 is 11.8 Å². The fourth-order valence-corrected chi connectivity index (χ4v) is 1.18. The molecular weight excluding hydrogens is 220 g/mol. The highest BCUT2D eigenvalue weighted by Crippen LogP contribution is 1.98. The summed E-state index contributed by atoms with van der Waals surface area (Å²) >= 11 is 0. The quantitative estimate of drug-likeness (QED) is 0.716. The van der Waals surface area contributed by atoms with Crippen LogP contribution in [-0.4, -0.2) is 18.4 Å². The van der Waals surface area contributed by atoms with E-state index in [4.69, 9.17) is 4.84 Å². The Morgan fingerprint density at radius 3 is 2.59 bits per heavy atom. The zero-order chi connectivity index (χ0) is 12.5. The normalized spacial score (nSPS) is 9.71. The fourth-order valence-electron chi connectivity index (χ4n) is 1.18. The van der Waals surface area contributed by atoms with E-state index >= 15 is 0 Å². The predicted octanol–water partition coefficient (Wildman–Crippen LogP) is 0.761. The lowest BCUT2D eigenvalue weighted by molar-refractivity contribution is -0.134. The van der Waals surface area contributed by atoms with Gasteiger partial charge in [-0.2, -0.15) is 0 Å². The first-order valence-corrected chi connectivity index (χ1v) is 5.37. The van der Waals surface area contributed by atoms with E-state index in [1.165, 1.54) is 6.92 Å². The number of hydroxylamine groups is 1. The number of nitrogens with one attached hydrogen (secondary N) is 2. The molecule has 0 aromatic heterocycles. The Labute approximate surface area is 100 Å². The molecule has 92 valence electrons. The number of amides is 2. The molecule has 0 aliphatic rings. The van der Waals surface area contributed by atoms with E-state index in [0.29, 0.717) is 13.2 Å². The molecule has 0 saturated carbocycles. The second-order valence-electron chi connectivity index (χ2n) is 3.53. The van der Waals surface area contributed by atoms with Crippen LogP contribution in [0.3, 0.4) is 0 Å². The number of carbonyl (C=O) groups excluding carboxylic acids is 2. The van der Waals surface area contributed by atoms with E-state index in [-0.39, 0.29) is 18.2 Å². The molecule has 0 radical (unpaired) electrons. The van der Waals surface area contributed by atoms with Gasteiger partial charge in [-0.25, -0.2) is 5.48 Å². The van der Waals surface area contributed by atoms with Gasteiger partial charge in [-0.05, 0) is 5.56 Å². The van der Waals surface area contributed by atoms with Crippen molar-refractivity contribution in [2.45, 2.75) is 20.0 Å². The van der Waals surface area contributed by atoms with Gasteiger partial charge in [0.1, 0.15) is 0 Å². The van der Waals surface area contributed by atoms with E-state index in [1.807, 2.05) is 30.3 Å². The molecule has 0 aliphatic heterocycles. The van der Waals surface area contributed by atoms with Crippen molar-refractivity contribution in [2.24, 2.45) is 0 Å². The van der Waals surface area contributed by atoms with Crippen LogP contribution in [0.15, 0.2) is 30.3 Å². The number of benzene rings is 1. The average molecular weight is 236 g/mol. The van der Waals surface area contributed by atoms with Gasteiger partial charge in [-0.1, -0.05) is 30.3 Å². The Bertz CT molecular complexity index is 365. The van der Waals surface area contributed by atoms with Crippen molar-refractivity contribution in [3.05, 3.63) is 35.9 Å². The summed E-state index contributed by atoms with van der Waals surface area (Å²) in [6, 6.07) is 9.52. The van der Waals surface area contributed by atoms with Gasteiger partial charge in [-0.3, -0.25) is 14.4 Å². The summed E-state index contributed by atoms with van der Waals surface area (Å²) in [7, 11) is 0. The topological polar surface area (TPSA) is 67.4 Å². The lowest BCUT2D eigenvalue weighted by Crippen LogP contribution is -2.29. The maximum Gasteiger partial charge on any atom is 0.245 e. The molecule has 1 aromatic rings. The second-order valence-corrected chi connectivity index (χ2v) is 3.53. The molecule has 17 heavy (non-hydrogen) atoms. The molecule has 0 saturated heterocycles. The van der Waals surface area contributed by atoms with Gasteiger partial charge < -0.3 is 5.32 Å². The molecule has 1 rings (SSSR count). The van der Waals surface area contributed by atoms with Gasteiger partial charge in [0.05, 0.1) is 6.61 Å².